The van der Waals surface area contributed by atoms with Gasteiger partial charge in [-0.05, 0) is 36.2 Å². The number of benzene rings is 2. The number of thiophene rings is 2. The minimum absolute atomic E-state index is 0.186. The van der Waals surface area contributed by atoms with Crippen LogP contribution in [0, 0.1) is 6.92 Å². The van der Waals surface area contributed by atoms with Gasteiger partial charge in [0.2, 0.25) is 5.91 Å². The van der Waals surface area contributed by atoms with Gasteiger partial charge in [0.05, 0.1) is 22.2 Å². The standard InChI is InChI=1S/C27H21N5O4S2/c1-15-21-26(38-22(15)24(35)30-17-10-6-3-7-11-17)29-14-32(27(21)36)13-20(33)31-25-18(23(28)34)12-19(37-25)16-8-4-2-5-9-16/h2-12,14H,13H2,1H3,(H2,28,34)(H,30,35)(H,31,33). The number of rotatable bonds is 7. The van der Waals surface area contributed by atoms with Crippen molar-refractivity contribution in [1.29, 1.82) is 0 Å². The summed E-state index contributed by atoms with van der Waals surface area (Å²) in [5, 5.41) is 6.10. The van der Waals surface area contributed by atoms with Crippen LogP contribution in [-0.2, 0) is 11.3 Å². The maximum atomic E-state index is 13.2. The summed E-state index contributed by atoms with van der Waals surface area (Å²) in [4.78, 5) is 56.8. The number of nitrogens with one attached hydrogen (secondary N) is 2. The lowest BCUT2D eigenvalue weighted by molar-refractivity contribution is -0.116. The van der Waals surface area contributed by atoms with E-state index in [0.717, 1.165) is 21.8 Å². The first kappa shape index (κ1) is 25.1. The molecular weight excluding hydrogens is 522 g/mol. The molecule has 4 N–H and O–H groups in total. The van der Waals surface area contributed by atoms with E-state index in [1.54, 1.807) is 25.1 Å². The molecule has 3 aromatic heterocycles. The minimum atomic E-state index is -0.672. The fraction of sp³-hybridized carbons (Fsp3) is 0.0741. The van der Waals surface area contributed by atoms with Gasteiger partial charge in [0, 0.05) is 10.6 Å². The van der Waals surface area contributed by atoms with Crippen molar-refractivity contribution >= 4 is 61.3 Å². The molecule has 0 spiro atoms. The highest BCUT2D eigenvalue weighted by Gasteiger charge is 2.21. The van der Waals surface area contributed by atoms with Crippen molar-refractivity contribution in [3.63, 3.8) is 0 Å². The number of anilines is 2. The number of amides is 3. The molecule has 0 saturated heterocycles. The van der Waals surface area contributed by atoms with E-state index in [4.69, 9.17) is 5.73 Å². The van der Waals surface area contributed by atoms with Crippen molar-refractivity contribution in [3.05, 3.63) is 99.4 Å². The van der Waals surface area contributed by atoms with Crippen molar-refractivity contribution in [1.82, 2.24) is 9.55 Å². The SMILES string of the molecule is Cc1c(C(=O)Nc2ccccc2)sc2ncn(CC(=O)Nc3sc(-c4ccccc4)cc3C(N)=O)c(=O)c12. The summed E-state index contributed by atoms with van der Waals surface area (Å²) in [6.45, 7) is 1.35. The average Bonchev–Trinajstić information content (AvgIpc) is 3.48. The van der Waals surface area contributed by atoms with Crippen LogP contribution in [0.15, 0.2) is 77.9 Å². The van der Waals surface area contributed by atoms with E-state index < -0.39 is 17.4 Å². The zero-order valence-electron chi connectivity index (χ0n) is 20.1. The van der Waals surface area contributed by atoms with E-state index in [-0.39, 0.29) is 23.4 Å². The largest absolute Gasteiger partial charge is 0.366 e. The normalized spacial score (nSPS) is 10.9. The molecule has 0 bridgehead atoms. The molecule has 0 aliphatic heterocycles. The van der Waals surface area contributed by atoms with E-state index in [9.17, 15) is 19.2 Å². The number of hydrogen-bond acceptors (Lipinski definition) is 7. The number of primary amides is 1. The van der Waals surface area contributed by atoms with E-state index in [1.807, 2.05) is 48.5 Å². The zero-order valence-corrected chi connectivity index (χ0v) is 21.7. The average molecular weight is 544 g/mol. The van der Waals surface area contributed by atoms with Gasteiger partial charge in [-0.2, -0.15) is 0 Å². The molecule has 0 aliphatic carbocycles. The Morgan fingerprint density at radius 2 is 1.66 bits per heavy atom. The van der Waals surface area contributed by atoms with Crippen molar-refractivity contribution in [3.8, 4) is 10.4 Å². The molecule has 2 aromatic carbocycles. The number of carbonyl (C=O) groups is 3. The molecule has 38 heavy (non-hydrogen) atoms. The predicted molar refractivity (Wildman–Crippen MR) is 150 cm³/mol. The lowest BCUT2D eigenvalue weighted by Crippen LogP contribution is -2.28. The van der Waals surface area contributed by atoms with Gasteiger partial charge < -0.3 is 16.4 Å². The highest BCUT2D eigenvalue weighted by atomic mass is 32.1. The zero-order chi connectivity index (χ0) is 26.8. The monoisotopic (exact) mass is 543 g/mol. The van der Waals surface area contributed by atoms with Gasteiger partial charge in [-0.25, -0.2) is 4.98 Å². The molecule has 0 fully saturated rings. The van der Waals surface area contributed by atoms with Crippen molar-refractivity contribution < 1.29 is 14.4 Å². The van der Waals surface area contributed by atoms with Gasteiger partial charge in [-0.15, -0.1) is 22.7 Å². The Hall–Kier alpha value is -4.61. The molecule has 0 unspecified atom stereocenters. The maximum absolute atomic E-state index is 13.2. The first-order valence-electron chi connectivity index (χ1n) is 11.5. The van der Waals surface area contributed by atoms with E-state index in [2.05, 4.69) is 15.6 Å². The number of aromatic nitrogens is 2. The van der Waals surface area contributed by atoms with Gasteiger partial charge in [-0.3, -0.25) is 23.7 Å². The summed E-state index contributed by atoms with van der Waals surface area (Å²) >= 11 is 2.33. The van der Waals surface area contributed by atoms with Crippen LogP contribution in [0.1, 0.15) is 25.6 Å². The van der Waals surface area contributed by atoms with Gasteiger partial charge in [-0.1, -0.05) is 48.5 Å². The summed E-state index contributed by atoms with van der Waals surface area (Å²) in [6, 6.07) is 20.0. The number of aryl methyl sites for hydroxylation is 1. The van der Waals surface area contributed by atoms with Crippen LogP contribution in [-0.4, -0.2) is 27.3 Å². The van der Waals surface area contributed by atoms with Crippen LogP contribution in [0.25, 0.3) is 20.7 Å². The van der Waals surface area contributed by atoms with Crippen molar-refractivity contribution in [2.75, 3.05) is 10.6 Å². The smallest absolute Gasteiger partial charge is 0.266 e. The predicted octanol–water partition coefficient (Wildman–Crippen LogP) is 4.48. The Kier molecular flexibility index (Phi) is 6.86. The van der Waals surface area contributed by atoms with Crippen LogP contribution < -0.4 is 21.9 Å². The Morgan fingerprint density at radius 1 is 0.974 bits per heavy atom. The van der Waals surface area contributed by atoms with Crippen LogP contribution in [0.5, 0.6) is 0 Å². The third-order valence-corrected chi connectivity index (χ3v) is 8.08. The number of carbonyl (C=O) groups excluding carboxylic acids is 3. The van der Waals surface area contributed by atoms with Crippen molar-refractivity contribution in [2.24, 2.45) is 5.73 Å². The summed E-state index contributed by atoms with van der Waals surface area (Å²) in [5.74, 6) is -1.53. The molecule has 3 heterocycles. The molecule has 0 atom stereocenters. The summed E-state index contributed by atoms with van der Waals surface area (Å²) < 4.78 is 1.17. The Labute approximate surface area is 224 Å². The van der Waals surface area contributed by atoms with Gasteiger partial charge in [0.15, 0.2) is 0 Å². The number of fused-ring (bicyclic) bond motifs is 1. The Morgan fingerprint density at radius 3 is 2.34 bits per heavy atom. The molecule has 0 aliphatic rings. The highest BCUT2D eigenvalue weighted by Crippen LogP contribution is 2.35. The highest BCUT2D eigenvalue weighted by molar-refractivity contribution is 7.20. The molecule has 11 heteroatoms. The first-order chi connectivity index (χ1) is 18.3. The third kappa shape index (κ3) is 4.97. The van der Waals surface area contributed by atoms with Crippen LogP contribution in [0.4, 0.5) is 10.7 Å². The van der Waals surface area contributed by atoms with E-state index >= 15 is 0 Å². The topological polar surface area (TPSA) is 136 Å². The Bertz CT molecular complexity index is 1740. The first-order valence-corrected chi connectivity index (χ1v) is 13.1. The second-order valence-corrected chi connectivity index (χ2v) is 10.4. The second kappa shape index (κ2) is 10.4. The third-order valence-electron chi connectivity index (χ3n) is 5.78. The molecule has 3 amide bonds. The number of hydrogen-bond donors (Lipinski definition) is 3. The number of nitrogens with zero attached hydrogens (tertiary/aromatic N) is 2. The quantitative estimate of drug-likeness (QED) is 0.278. The van der Waals surface area contributed by atoms with Gasteiger partial charge >= 0.3 is 0 Å². The summed E-state index contributed by atoms with van der Waals surface area (Å²) in [5.41, 5.74) is 7.29. The summed E-state index contributed by atoms with van der Waals surface area (Å²) in [7, 11) is 0. The number of para-hydroxylation sites is 1. The summed E-state index contributed by atoms with van der Waals surface area (Å²) in [6.07, 6.45) is 1.28. The second-order valence-electron chi connectivity index (χ2n) is 8.37. The van der Waals surface area contributed by atoms with Crippen LogP contribution in [0.2, 0.25) is 0 Å². The minimum Gasteiger partial charge on any atom is -0.366 e. The van der Waals surface area contributed by atoms with Gasteiger partial charge in [0.25, 0.3) is 17.4 Å². The maximum Gasteiger partial charge on any atom is 0.266 e. The molecule has 9 nitrogen and oxygen atoms in total. The fourth-order valence-electron chi connectivity index (χ4n) is 3.93. The number of nitrogens with two attached hydrogens (primary N) is 1. The lowest BCUT2D eigenvalue weighted by Gasteiger charge is -2.07. The molecule has 5 rings (SSSR count). The molecule has 190 valence electrons. The van der Waals surface area contributed by atoms with Crippen LogP contribution >= 0.6 is 22.7 Å². The fourth-order valence-corrected chi connectivity index (χ4v) is 6.05. The van der Waals surface area contributed by atoms with E-state index in [1.165, 1.54) is 22.2 Å². The molecule has 0 saturated carbocycles. The molecular formula is C27H21N5O4S2. The van der Waals surface area contributed by atoms with Crippen molar-refractivity contribution in [2.45, 2.75) is 13.5 Å². The lowest BCUT2D eigenvalue weighted by atomic mass is 10.1. The molecule has 0 radical (unpaired) electrons. The van der Waals surface area contributed by atoms with Crippen LogP contribution in [0.3, 0.4) is 0 Å². The van der Waals surface area contributed by atoms with Gasteiger partial charge in [0.1, 0.15) is 16.4 Å². The Balaban J connectivity index is 1.38. The van der Waals surface area contributed by atoms with E-state index in [0.29, 0.717) is 26.0 Å². The molecule has 5 aromatic rings.